The number of thioether (sulfide) groups is 1. The predicted octanol–water partition coefficient (Wildman–Crippen LogP) is 6.16. The number of aromatic nitrogens is 1. The van der Waals surface area contributed by atoms with Crippen molar-refractivity contribution in [2.45, 2.75) is 24.7 Å². The van der Waals surface area contributed by atoms with Crippen molar-refractivity contribution in [3.05, 3.63) is 47.0 Å². The molecule has 0 bridgehead atoms. The summed E-state index contributed by atoms with van der Waals surface area (Å²) in [6.45, 7) is 3.39. The van der Waals surface area contributed by atoms with Crippen LogP contribution in [0.15, 0.2) is 41.3 Å². The minimum atomic E-state index is 0. The molecule has 0 N–H and O–H groups in total. The Bertz CT molecular complexity index is 1030. The van der Waals surface area contributed by atoms with Gasteiger partial charge in [-0.2, -0.15) is 0 Å². The van der Waals surface area contributed by atoms with Crippen molar-refractivity contribution < 1.29 is 9.53 Å². The molecule has 1 amide bonds. The van der Waals surface area contributed by atoms with Crippen molar-refractivity contribution in [3.8, 4) is 5.75 Å². The van der Waals surface area contributed by atoms with Gasteiger partial charge in [0.2, 0.25) is 5.91 Å². The number of likely N-dealkylation sites (N-methyl/N-ethyl adjacent to an activating group) is 1. The number of nitrogens with zero attached hydrogens (tertiary/aromatic N) is 3. The van der Waals surface area contributed by atoms with Crippen molar-refractivity contribution in [3.63, 3.8) is 0 Å². The maximum absolute atomic E-state index is 13.1. The molecule has 0 aliphatic rings. The van der Waals surface area contributed by atoms with Gasteiger partial charge in [-0.15, -0.1) is 24.2 Å². The Balaban J connectivity index is 0.00000363. The monoisotopic (exact) mass is 513 g/mol. The molecule has 0 fully saturated rings. The molecule has 9 heteroatoms. The van der Waals surface area contributed by atoms with Crippen LogP contribution in [0.3, 0.4) is 0 Å². The molecule has 0 radical (unpaired) electrons. The van der Waals surface area contributed by atoms with Crippen LogP contribution >= 0.6 is 47.1 Å². The summed E-state index contributed by atoms with van der Waals surface area (Å²) in [5, 5.41) is 1.44. The highest BCUT2D eigenvalue weighted by molar-refractivity contribution is 7.99. The Hall–Kier alpha value is -1.51. The number of benzene rings is 2. The highest BCUT2D eigenvalue weighted by Gasteiger charge is 2.20. The van der Waals surface area contributed by atoms with Crippen LogP contribution in [-0.2, 0) is 4.79 Å². The van der Waals surface area contributed by atoms with Crippen LogP contribution in [0.5, 0.6) is 5.75 Å². The SMILES string of the molecule is COc1ccc(SCCCC(=O)N(CCN(C)C)c2nc3c(C)cc(Cl)cc3s2)cc1.Cl. The smallest absolute Gasteiger partial charge is 0.228 e. The van der Waals surface area contributed by atoms with E-state index in [0.29, 0.717) is 18.0 Å². The van der Waals surface area contributed by atoms with Gasteiger partial charge < -0.3 is 9.64 Å². The number of fused-ring (bicyclic) bond motifs is 1. The van der Waals surface area contributed by atoms with E-state index in [1.807, 2.05) is 62.3 Å². The summed E-state index contributed by atoms with van der Waals surface area (Å²) in [7, 11) is 5.68. The summed E-state index contributed by atoms with van der Waals surface area (Å²) in [4.78, 5) is 23.0. The van der Waals surface area contributed by atoms with E-state index in [1.54, 1.807) is 18.9 Å². The van der Waals surface area contributed by atoms with Crippen molar-refractivity contribution >= 4 is 68.4 Å². The molecule has 1 aromatic heterocycles. The van der Waals surface area contributed by atoms with E-state index in [0.717, 1.165) is 45.4 Å². The van der Waals surface area contributed by atoms with Crippen molar-refractivity contribution in [2.24, 2.45) is 0 Å². The van der Waals surface area contributed by atoms with Crippen LogP contribution in [0, 0.1) is 6.92 Å². The zero-order valence-electron chi connectivity index (χ0n) is 18.8. The van der Waals surface area contributed by atoms with Gasteiger partial charge in [0, 0.05) is 29.4 Å². The van der Waals surface area contributed by atoms with Gasteiger partial charge in [0.25, 0.3) is 0 Å². The van der Waals surface area contributed by atoms with Gasteiger partial charge in [-0.05, 0) is 75.2 Å². The van der Waals surface area contributed by atoms with Gasteiger partial charge in [-0.1, -0.05) is 22.9 Å². The van der Waals surface area contributed by atoms with Crippen LogP contribution < -0.4 is 9.64 Å². The lowest BCUT2D eigenvalue weighted by Crippen LogP contribution is -2.36. The molecule has 32 heavy (non-hydrogen) atoms. The number of rotatable bonds is 10. The Kier molecular flexibility index (Phi) is 10.6. The third-order valence-electron chi connectivity index (χ3n) is 4.80. The first kappa shape index (κ1) is 26.7. The van der Waals surface area contributed by atoms with E-state index in [1.165, 1.54) is 16.2 Å². The van der Waals surface area contributed by atoms with Crippen LogP contribution in [-0.4, -0.2) is 55.8 Å². The Morgan fingerprint density at radius 1 is 1.19 bits per heavy atom. The molecule has 3 rings (SSSR count). The number of methoxy groups -OCH3 is 1. The standard InChI is InChI=1S/C23H28ClN3O2S2.ClH/c1-16-14-17(24)15-20-22(16)25-23(31-20)27(12-11-26(2)3)21(28)6-5-13-30-19-9-7-18(29-4)8-10-19;/h7-10,14-15H,5-6,11-13H2,1-4H3;1H. The summed E-state index contributed by atoms with van der Waals surface area (Å²) in [6.07, 6.45) is 1.30. The van der Waals surface area contributed by atoms with Crippen molar-refractivity contribution in [2.75, 3.05) is 44.9 Å². The second kappa shape index (κ2) is 12.7. The molecule has 5 nitrogen and oxygen atoms in total. The Morgan fingerprint density at radius 2 is 1.91 bits per heavy atom. The topological polar surface area (TPSA) is 45.7 Å². The molecule has 2 aromatic carbocycles. The highest BCUT2D eigenvalue weighted by Crippen LogP contribution is 2.33. The first-order chi connectivity index (χ1) is 14.9. The summed E-state index contributed by atoms with van der Waals surface area (Å²) in [5.74, 6) is 1.84. The molecule has 0 aliphatic heterocycles. The predicted molar refractivity (Wildman–Crippen MR) is 140 cm³/mol. The molecular formula is C23H29Cl2N3O2S2. The van der Waals surface area contributed by atoms with Gasteiger partial charge in [-0.25, -0.2) is 4.98 Å². The molecule has 0 saturated heterocycles. The van der Waals surface area contributed by atoms with Gasteiger partial charge in [0.05, 0.1) is 17.3 Å². The van der Waals surface area contributed by atoms with Crippen molar-refractivity contribution in [1.82, 2.24) is 9.88 Å². The number of ether oxygens (including phenoxy) is 1. The van der Waals surface area contributed by atoms with E-state index in [-0.39, 0.29) is 18.3 Å². The van der Waals surface area contributed by atoms with Crippen LogP contribution in [0.1, 0.15) is 18.4 Å². The zero-order chi connectivity index (χ0) is 22.4. The zero-order valence-corrected chi connectivity index (χ0v) is 22.0. The summed E-state index contributed by atoms with van der Waals surface area (Å²) < 4.78 is 6.21. The summed E-state index contributed by atoms with van der Waals surface area (Å²) in [6, 6.07) is 11.8. The van der Waals surface area contributed by atoms with Gasteiger partial charge in [-0.3, -0.25) is 9.69 Å². The van der Waals surface area contributed by atoms with Gasteiger partial charge >= 0.3 is 0 Å². The third kappa shape index (κ3) is 7.25. The fourth-order valence-corrected chi connectivity index (χ4v) is 5.42. The van der Waals surface area contributed by atoms with Gasteiger partial charge in [0.1, 0.15) is 5.75 Å². The number of carbonyl (C=O) groups excluding carboxylic acids is 1. The highest BCUT2D eigenvalue weighted by atomic mass is 35.5. The molecule has 0 atom stereocenters. The van der Waals surface area contributed by atoms with E-state index in [2.05, 4.69) is 4.90 Å². The quantitative estimate of drug-likeness (QED) is 0.240. The third-order valence-corrected chi connectivity index (χ3v) is 7.15. The maximum Gasteiger partial charge on any atom is 0.228 e. The number of hydrogen-bond acceptors (Lipinski definition) is 6. The molecule has 3 aromatic rings. The number of thiazole rings is 1. The molecular weight excluding hydrogens is 485 g/mol. The number of aryl methyl sites for hydroxylation is 1. The first-order valence-electron chi connectivity index (χ1n) is 10.2. The number of carbonyl (C=O) groups is 1. The summed E-state index contributed by atoms with van der Waals surface area (Å²) >= 11 is 9.49. The minimum Gasteiger partial charge on any atom is -0.497 e. The van der Waals surface area contributed by atoms with Crippen LogP contribution in [0.2, 0.25) is 5.02 Å². The van der Waals surface area contributed by atoms with E-state index in [4.69, 9.17) is 21.3 Å². The van der Waals surface area contributed by atoms with E-state index >= 15 is 0 Å². The normalized spacial score (nSPS) is 10.9. The largest absolute Gasteiger partial charge is 0.497 e. The molecule has 0 unspecified atom stereocenters. The first-order valence-corrected chi connectivity index (χ1v) is 12.3. The van der Waals surface area contributed by atoms with E-state index < -0.39 is 0 Å². The van der Waals surface area contributed by atoms with Crippen LogP contribution in [0.25, 0.3) is 10.2 Å². The van der Waals surface area contributed by atoms with E-state index in [9.17, 15) is 4.79 Å². The fraction of sp³-hybridized carbons (Fsp3) is 0.391. The minimum absolute atomic E-state index is 0. The second-order valence-electron chi connectivity index (χ2n) is 7.54. The lowest BCUT2D eigenvalue weighted by molar-refractivity contribution is -0.118. The lowest BCUT2D eigenvalue weighted by atomic mass is 10.2. The molecule has 0 aliphatic carbocycles. The average Bonchev–Trinajstić information content (AvgIpc) is 3.15. The van der Waals surface area contributed by atoms with Crippen molar-refractivity contribution in [1.29, 1.82) is 0 Å². The molecule has 1 heterocycles. The number of hydrogen-bond donors (Lipinski definition) is 0. The summed E-state index contributed by atoms with van der Waals surface area (Å²) in [5.41, 5.74) is 1.95. The van der Waals surface area contributed by atoms with Gasteiger partial charge in [0.15, 0.2) is 5.13 Å². The number of anilines is 1. The molecule has 0 spiro atoms. The Labute approximate surface area is 209 Å². The maximum atomic E-state index is 13.1. The van der Waals surface area contributed by atoms with Crippen LogP contribution in [0.4, 0.5) is 5.13 Å². The number of amides is 1. The average molecular weight is 515 g/mol. The lowest BCUT2D eigenvalue weighted by Gasteiger charge is -2.22. The molecule has 0 saturated carbocycles. The fourth-order valence-electron chi connectivity index (χ4n) is 3.11. The Morgan fingerprint density at radius 3 is 2.56 bits per heavy atom. The second-order valence-corrected chi connectivity index (χ2v) is 10.2. The molecule has 174 valence electrons. The number of halogens is 2.